The standard InChI is InChI=1S/C18H30N2/c1-4-20(17-10-8-9-16(2)15-17)14-13-18(19-3)11-6-5-7-12-18/h8-10,15,19H,4-7,11-14H2,1-3H3. The molecule has 1 saturated carbocycles. The minimum Gasteiger partial charge on any atom is -0.372 e. The number of aryl methyl sites for hydroxylation is 1. The van der Waals surface area contributed by atoms with Crippen molar-refractivity contribution < 1.29 is 0 Å². The molecule has 0 aromatic heterocycles. The Hall–Kier alpha value is -1.02. The molecule has 0 aliphatic heterocycles. The van der Waals surface area contributed by atoms with Crippen LogP contribution in [0.2, 0.25) is 0 Å². The van der Waals surface area contributed by atoms with Gasteiger partial charge in [0.15, 0.2) is 0 Å². The first-order chi connectivity index (χ1) is 9.69. The van der Waals surface area contributed by atoms with Crippen LogP contribution in [0.25, 0.3) is 0 Å². The Labute approximate surface area is 124 Å². The molecule has 0 bridgehead atoms. The van der Waals surface area contributed by atoms with E-state index in [0.29, 0.717) is 5.54 Å². The van der Waals surface area contributed by atoms with Gasteiger partial charge in [-0.25, -0.2) is 0 Å². The monoisotopic (exact) mass is 274 g/mol. The van der Waals surface area contributed by atoms with E-state index in [1.807, 2.05) is 0 Å². The van der Waals surface area contributed by atoms with Crippen LogP contribution in [-0.4, -0.2) is 25.7 Å². The molecule has 2 rings (SSSR count). The normalized spacial score (nSPS) is 17.9. The van der Waals surface area contributed by atoms with Gasteiger partial charge in [0.25, 0.3) is 0 Å². The van der Waals surface area contributed by atoms with Gasteiger partial charge in [0.1, 0.15) is 0 Å². The fraction of sp³-hybridized carbons (Fsp3) is 0.667. The average molecular weight is 274 g/mol. The average Bonchev–Trinajstić information content (AvgIpc) is 2.49. The first-order valence-corrected chi connectivity index (χ1v) is 8.20. The third kappa shape index (κ3) is 3.76. The second kappa shape index (κ2) is 7.12. The van der Waals surface area contributed by atoms with E-state index in [9.17, 15) is 0 Å². The van der Waals surface area contributed by atoms with E-state index in [4.69, 9.17) is 0 Å². The van der Waals surface area contributed by atoms with Crippen LogP contribution in [0.4, 0.5) is 5.69 Å². The highest BCUT2D eigenvalue weighted by Crippen LogP contribution is 2.31. The minimum atomic E-state index is 0.384. The Morgan fingerprint density at radius 1 is 1.20 bits per heavy atom. The van der Waals surface area contributed by atoms with Gasteiger partial charge in [0.05, 0.1) is 0 Å². The van der Waals surface area contributed by atoms with Crippen molar-refractivity contribution in [3.63, 3.8) is 0 Å². The van der Waals surface area contributed by atoms with Crippen LogP contribution in [0, 0.1) is 6.92 Å². The van der Waals surface area contributed by atoms with Crippen molar-refractivity contribution in [3.05, 3.63) is 29.8 Å². The molecule has 0 radical (unpaired) electrons. The summed E-state index contributed by atoms with van der Waals surface area (Å²) in [6, 6.07) is 8.88. The van der Waals surface area contributed by atoms with Crippen molar-refractivity contribution in [3.8, 4) is 0 Å². The molecule has 0 atom stereocenters. The summed E-state index contributed by atoms with van der Waals surface area (Å²) < 4.78 is 0. The van der Waals surface area contributed by atoms with E-state index >= 15 is 0 Å². The topological polar surface area (TPSA) is 15.3 Å². The van der Waals surface area contributed by atoms with Gasteiger partial charge in [0.2, 0.25) is 0 Å². The molecule has 1 N–H and O–H groups in total. The lowest BCUT2D eigenvalue weighted by Crippen LogP contribution is -2.47. The van der Waals surface area contributed by atoms with E-state index in [-0.39, 0.29) is 0 Å². The summed E-state index contributed by atoms with van der Waals surface area (Å²) in [4.78, 5) is 2.51. The highest BCUT2D eigenvalue weighted by atomic mass is 15.1. The predicted molar refractivity (Wildman–Crippen MR) is 88.6 cm³/mol. The SMILES string of the molecule is CCN(CCC1(NC)CCCCC1)c1cccc(C)c1. The Kier molecular flexibility index (Phi) is 5.47. The molecule has 1 aliphatic carbocycles. The van der Waals surface area contributed by atoms with E-state index in [0.717, 1.165) is 13.1 Å². The second-order valence-electron chi connectivity index (χ2n) is 6.26. The van der Waals surface area contributed by atoms with Gasteiger partial charge in [-0.3, -0.25) is 0 Å². The summed E-state index contributed by atoms with van der Waals surface area (Å²) >= 11 is 0. The summed E-state index contributed by atoms with van der Waals surface area (Å²) in [5.74, 6) is 0. The number of nitrogens with zero attached hydrogens (tertiary/aromatic N) is 1. The van der Waals surface area contributed by atoms with Crippen LogP contribution < -0.4 is 10.2 Å². The molecule has 2 nitrogen and oxygen atoms in total. The Balaban J connectivity index is 1.99. The van der Waals surface area contributed by atoms with Crippen molar-refractivity contribution in [1.82, 2.24) is 5.32 Å². The third-order valence-corrected chi connectivity index (χ3v) is 4.95. The molecule has 2 heteroatoms. The number of benzene rings is 1. The lowest BCUT2D eigenvalue weighted by Gasteiger charge is -2.39. The van der Waals surface area contributed by atoms with Gasteiger partial charge >= 0.3 is 0 Å². The molecule has 0 saturated heterocycles. The highest BCUT2D eigenvalue weighted by Gasteiger charge is 2.30. The van der Waals surface area contributed by atoms with E-state index in [2.05, 4.69) is 55.4 Å². The molecule has 1 fully saturated rings. The number of hydrogen-bond acceptors (Lipinski definition) is 2. The number of anilines is 1. The van der Waals surface area contributed by atoms with Crippen LogP contribution in [0.15, 0.2) is 24.3 Å². The Bertz CT molecular complexity index is 408. The molecule has 0 heterocycles. The molecule has 1 aromatic carbocycles. The Morgan fingerprint density at radius 3 is 2.55 bits per heavy atom. The number of hydrogen-bond donors (Lipinski definition) is 1. The molecule has 1 aliphatic rings. The van der Waals surface area contributed by atoms with Crippen LogP contribution in [0.1, 0.15) is 51.0 Å². The lowest BCUT2D eigenvalue weighted by atomic mass is 9.79. The summed E-state index contributed by atoms with van der Waals surface area (Å²) in [6.45, 7) is 6.67. The van der Waals surface area contributed by atoms with E-state index in [1.54, 1.807) is 0 Å². The van der Waals surface area contributed by atoms with Gasteiger partial charge in [-0.05, 0) is 57.9 Å². The zero-order chi connectivity index (χ0) is 14.4. The first kappa shape index (κ1) is 15.4. The van der Waals surface area contributed by atoms with Crippen molar-refractivity contribution >= 4 is 5.69 Å². The minimum absolute atomic E-state index is 0.384. The first-order valence-electron chi connectivity index (χ1n) is 8.20. The molecule has 0 amide bonds. The highest BCUT2D eigenvalue weighted by molar-refractivity contribution is 5.48. The molecular formula is C18H30N2. The van der Waals surface area contributed by atoms with Gasteiger partial charge < -0.3 is 10.2 Å². The molecule has 0 spiro atoms. The zero-order valence-electron chi connectivity index (χ0n) is 13.4. The smallest absolute Gasteiger partial charge is 0.0368 e. The largest absolute Gasteiger partial charge is 0.372 e. The molecule has 0 unspecified atom stereocenters. The summed E-state index contributed by atoms with van der Waals surface area (Å²) in [7, 11) is 2.15. The second-order valence-corrected chi connectivity index (χ2v) is 6.26. The molecular weight excluding hydrogens is 244 g/mol. The van der Waals surface area contributed by atoms with Crippen LogP contribution >= 0.6 is 0 Å². The van der Waals surface area contributed by atoms with Crippen molar-refractivity contribution in [1.29, 1.82) is 0 Å². The summed E-state index contributed by atoms with van der Waals surface area (Å²) in [5.41, 5.74) is 3.10. The lowest BCUT2D eigenvalue weighted by molar-refractivity contribution is 0.232. The fourth-order valence-corrected chi connectivity index (χ4v) is 3.50. The summed E-state index contributed by atoms with van der Waals surface area (Å²) in [6.07, 6.45) is 8.13. The molecule has 112 valence electrons. The maximum atomic E-state index is 3.63. The van der Waals surface area contributed by atoms with Gasteiger partial charge in [-0.1, -0.05) is 31.4 Å². The van der Waals surface area contributed by atoms with E-state index in [1.165, 1.54) is 49.8 Å². The zero-order valence-corrected chi connectivity index (χ0v) is 13.4. The molecule has 20 heavy (non-hydrogen) atoms. The van der Waals surface area contributed by atoms with Crippen LogP contribution in [0.3, 0.4) is 0 Å². The predicted octanol–water partition coefficient (Wildman–Crippen LogP) is 4.13. The summed E-state index contributed by atoms with van der Waals surface area (Å²) in [5, 5.41) is 3.63. The maximum absolute atomic E-state index is 3.63. The van der Waals surface area contributed by atoms with Crippen molar-refractivity contribution in [2.45, 2.75) is 57.9 Å². The van der Waals surface area contributed by atoms with E-state index < -0.39 is 0 Å². The Morgan fingerprint density at radius 2 is 1.95 bits per heavy atom. The molecule has 1 aromatic rings. The fourth-order valence-electron chi connectivity index (χ4n) is 3.50. The van der Waals surface area contributed by atoms with Crippen LogP contribution in [0.5, 0.6) is 0 Å². The van der Waals surface area contributed by atoms with Gasteiger partial charge in [0, 0.05) is 24.3 Å². The van der Waals surface area contributed by atoms with Crippen LogP contribution in [-0.2, 0) is 0 Å². The van der Waals surface area contributed by atoms with Gasteiger partial charge in [-0.2, -0.15) is 0 Å². The maximum Gasteiger partial charge on any atom is 0.0368 e. The van der Waals surface area contributed by atoms with Gasteiger partial charge in [-0.15, -0.1) is 0 Å². The quantitative estimate of drug-likeness (QED) is 0.839. The number of nitrogens with one attached hydrogen (secondary N) is 1. The van der Waals surface area contributed by atoms with Crippen molar-refractivity contribution in [2.75, 3.05) is 25.0 Å². The third-order valence-electron chi connectivity index (χ3n) is 4.95. The number of rotatable bonds is 6. The van der Waals surface area contributed by atoms with Crippen molar-refractivity contribution in [2.24, 2.45) is 0 Å².